The molecule has 1 aromatic heterocycles. The number of phenols is 1. The molecule has 1 heterocycles. The van der Waals surface area contributed by atoms with Gasteiger partial charge in [-0.1, -0.05) is 24.3 Å². The molecule has 2 aromatic carbocycles. The van der Waals surface area contributed by atoms with Crippen molar-refractivity contribution in [3.05, 3.63) is 90.8 Å². The maximum atomic E-state index is 13.6. The predicted molar refractivity (Wildman–Crippen MR) is 121 cm³/mol. The smallest absolute Gasteiger partial charge is 0.330 e. The number of nitrogens with zero attached hydrogens (tertiary/aromatic N) is 2. The Labute approximate surface area is 188 Å². The zero-order chi connectivity index (χ0) is 23.6. The van der Waals surface area contributed by atoms with Gasteiger partial charge in [-0.2, -0.15) is 0 Å². The first-order chi connectivity index (χ1) is 15.8. The Balaban J connectivity index is 1.90. The van der Waals surface area contributed by atoms with Gasteiger partial charge in [0.15, 0.2) is 17.3 Å². The lowest BCUT2D eigenvalue weighted by molar-refractivity contribution is 0.103. The minimum absolute atomic E-state index is 0.154. The quantitative estimate of drug-likeness (QED) is 0.662. The third kappa shape index (κ3) is 2.73. The fraction of sp³-hybridized carbons (Fsp3) is 0.240. The summed E-state index contributed by atoms with van der Waals surface area (Å²) < 4.78 is 13.2. The molecule has 8 nitrogen and oxygen atoms in total. The number of aromatic nitrogens is 2. The second kappa shape index (κ2) is 7.23. The van der Waals surface area contributed by atoms with Crippen molar-refractivity contribution in [3.63, 3.8) is 0 Å². The summed E-state index contributed by atoms with van der Waals surface area (Å²) in [6.45, 7) is 0. The summed E-state index contributed by atoms with van der Waals surface area (Å²) in [7, 11) is 5.88. The summed E-state index contributed by atoms with van der Waals surface area (Å²) in [6.07, 6.45) is 0.290. The standard InChI is InChI=1S/C25H22N2O6/c1-26-16-11-15-13-7-5-6-8-14(13)22(28)20(15)19(21(16)24(30)27(2)25(26)31)12-9-17(32-3)23(29)18(10-12)33-4/h5-10,19,29H,11H2,1-4H3. The normalized spacial score (nSPS) is 16.4. The lowest BCUT2D eigenvalue weighted by Crippen LogP contribution is -2.43. The molecule has 1 atom stereocenters. The maximum Gasteiger partial charge on any atom is 0.330 e. The molecule has 8 heteroatoms. The number of carbonyl (C=O) groups excluding carboxylic acids is 1. The van der Waals surface area contributed by atoms with Gasteiger partial charge in [-0.15, -0.1) is 0 Å². The number of ether oxygens (including phenoxy) is 2. The van der Waals surface area contributed by atoms with E-state index < -0.39 is 17.2 Å². The van der Waals surface area contributed by atoms with Crippen LogP contribution in [0.1, 0.15) is 38.7 Å². The highest BCUT2D eigenvalue weighted by atomic mass is 16.5. The molecule has 33 heavy (non-hydrogen) atoms. The monoisotopic (exact) mass is 446 g/mol. The fourth-order valence-corrected chi connectivity index (χ4v) is 5.01. The number of methoxy groups -OCH3 is 2. The van der Waals surface area contributed by atoms with Crippen LogP contribution in [-0.2, 0) is 20.5 Å². The number of allylic oxidation sites excluding steroid dienone is 2. The summed E-state index contributed by atoms with van der Waals surface area (Å²) in [5.74, 6) is -0.787. The number of benzene rings is 2. The molecule has 0 saturated carbocycles. The Morgan fingerprint density at radius 1 is 0.939 bits per heavy atom. The van der Waals surface area contributed by atoms with E-state index in [0.717, 1.165) is 15.7 Å². The molecule has 0 saturated heterocycles. The van der Waals surface area contributed by atoms with Crippen LogP contribution in [0.4, 0.5) is 0 Å². The van der Waals surface area contributed by atoms with Crippen molar-refractivity contribution in [2.24, 2.45) is 14.1 Å². The number of Topliss-reactive ketones (excluding diaryl/α,β-unsaturated/α-hetero) is 1. The zero-order valence-corrected chi connectivity index (χ0v) is 18.6. The molecular weight excluding hydrogens is 424 g/mol. The van der Waals surface area contributed by atoms with Gasteiger partial charge in [0.05, 0.1) is 14.2 Å². The van der Waals surface area contributed by atoms with Crippen LogP contribution in [0.5, 0.6) is 17.2 Å². The second-order valence-corrected chi connectivity index (χ2v) is 8.22. The van der Waals surface area contributed by atoms with Crippen LogP contribution in [-0.4, -0.2) is 34.2 Å². The molecule has 0 spiro atoms. The summed E-state index contributed by atoms with van der Waals surface area (Å²) in [4.78, 5) is 39.7. The first-order valence-electron chi connectivity index (χ1n) is 10.4. The SMILES string of the molecule is COc1cc(C2C3=C(Cc4c2c(=O)n(C)c(=O)n4C)c2ccccc2C3=O)cc(OC)c1O. The summed E-state index contributed by atoms with van der Waals surface area (Å²) in [6, 6.07) is 10.5. The average Bonchev–Trinajstić information content (AvgIpc) is 3.12. The highest BCUT2D eigenvalue weighted by Crippen LogP contribution is 2.50. The zero-order valence-electron chi connectivity index (χ0n) is 18.6. The molecule has 3 aromatic rings. The van der Waals surface area contributed by atoms with Gasteiger partial charge in [-0.25, -0.2) is 4.79 Å². The van der Waals surface area contributed by atoms with E-state index in [1.165, 1.54) is 25.8 Å². The second-order valence-electron chi connectivity index (χ2n) is 8.22. The van der Waals surface area contributed by atoms with Crippen LogP contribution in [0, 0.1) is 0 Å². The van der Waals surface area contributed by atoms with Crippen LogP contribution in [0.25, 0.3) is 5.57 Å². The first kappa shape index (κ1) is 20.8. The lowest BCUT2D eigenvalue weighted by Gasteiger charge is -2.29. The van der Waals surface area contributed by atoms with Crippen LogP contribution >= 0.6 is 0 Å². The van der Waals surface area contributed by atoms with Gasteiger partial charge < -0.3 is 14.6 Å². The molecule has 0 bridgehead atoms. The lowest BCUT2D eigenvalue weighted by atomic mass is 9.76. The third-order valence-corrected chi connectivity index (χ3v) is 6.65. The van der Waals surface area contributed by atoms with Gasteiger partial charge in [0.25, 0.3) is 5.56 Å². The van der Waals surface area contributed by atoms with Crippen LogP contribution in [0.15, 0.2) is 51.6 Å². The number of hydrogen-bond donors (Lipinski definition) is 1. The summed E-state index contributed by atoms with van der Waals surface area (Å²) in [5, 5.41) is 10.4. The Bertz CT molecular complexity index is 1480. The molecule has 0 amide bonds. The highest BCUT2D eigenvalue weighted by Gasteiger charge is 2.42. The van der Waals surface area contributed by atoms with E-state index in [1.807, 2.05) is 12.1 Å². The van der Waals surface area contributed by atoms with Gasteiger partial charge in [0.2, 0.25) is 5.75 Å². The van der Waals surface area contributed by atoms with Gasteiger partial charge in [0.1, 0.15) is 0 Å². The third-order valence-electron chi connectivity index (χ3n) is 6.65. The number of ketones is 1. The van der Waals surface area contributed by atoms with E-state index in [2.05, 4.69) is 0 Å². The number of phenolic OH excluding ortho intramolecular Hbond substituents is 1. The Hall–Kier alpha value is -4.07. The number of carbonyl (C=O) groups is 1. The molecule has 0 fully saturated rings. The van der Waals surface area contributed by atoms with Crippen molar-refractivity contribution in [1.82, 2.24) is 9.13 Å². The average molecular weight is 446 g/mol. The molecule has 0 aliphatic heterocycles. The van der Waals surface area contributed by atoms with E-state index in [4.69, 9.17) is 9.47 Å². The van der Waals surface area contributed by atoms with E-state index >= 15 is 0 Å². The van der Waals surface area contributed by atoms with E-state index in [1.54, 1.807) is 31.3 Å². The molecule has 168 valence electrons. The Morgan fingerprint density at radius 2 is 1.55 bits per heavy atom. The van der Waals surface area contributed by atoms with Crippen molar-refractivity contribution < 1.29 is 19.4 Å². The van der Waals surface area contributed by atoms with Crippen LogP contribution < -0.4 is 20.7 Å². The molecule has 1 N–H and O–H groups in total. The molecule has 2 aliphatic carbocycles. The number of aromatic hydroxyl groups is 1. The molecule has 0 radical (unpaired) electrons. The highest BCUT2D eigenvalue weighted by molar-refractivity contribution is 6.22. The van der Waals surface area contributed by atoms with Gasteiger partial charge in [0, 0.05) is 48.8 Å². The predicted octanol–water partition coefficient (Wildman–Crippen LogP) is 2.14. The maximum absolute atomic E-state index is 13.6. The first-order valence-corrected chi connectivity index (χ1v) is 10.4. The minimum Gasteiger partial charge on any atom is -0.502 e. The Kier molecular flexibility index (Phi) is 4.56. The van der Waals surface area contributed by atoms with Crippen molar-refractivity contribution >= 4 is 11.4 Å². The summed E-state index contributed by atoms with van der Waals surface area (Å²) in [5.41, 5.74) is 3.23. The molecular formula is C25H22N2O6. The van der Waals surface area contributed by atoms with Gasteiger partial charge in [-0.05, 0) is 28.8 Å². The Morgan fingerprint density at radius 3 is 2.15 bits per heavy atom. The largest absolute Gasteiger partial charge is 0.502 e. The minimum atomic E-state index is -0.766. The van der Waals surface area contributed by atoms with Crippen molar-refractivity contribution in [1.29, 1.82) is 0 Å². The van der Waals surface area contributed by atoms with Crippen molar-refractivity contribution in [2.45, 2.75) is 12.3 Å². The van der Waals surface area contributed by atoms with Crippen LogP contribution in [0.2, 0.25) is 0 Å². The van der Waals surface area contributed by atoms with Crippen molar-refractivity contribution in [2.75, 3.05) is 14.2 Å². The number of rotatable bonds is 3. The van der Waals surface area contributed by atoms with E-state index in [0.29, 0.717) is 28.0 Å². The molecule has 5 rings (SSSR count). The molecule has 1 unspecified atom stereocenters. The fourth-order valence-electron chi connectivity index (χ4n) is 5.01. The van der Waals surface area contributed by atoms with E-state index in [-0.39, 0.29) is 29.5 Å². The number of hydrogen-bond acceptors (Lipinski definition) is 6. The summed E-state index contributed by atoms with van der Waals surface area (Å²) >= 11 is 0. The number of fused-ring (bicyclic) bond motifs is 3. The van der Waals surface area contributed by atoms with Gasteiger partial charge in [-0.3, -0.25) is 18.7 Å². The van der Waals surface area contributed by atoms with Crippen LogP contribution in [0.3, 0.4) is 0 Å². The van der Waals surface area contributed by atoms with Gasteiger partial charge >= 0.3 is 5.69 Å². The van der Waals surface area contributed by atoms with Crippen molar-refractivity contribution in [3.8, 4) is 17.2 Å². The topological polar surface area (TPSA) is 99.8 Å². The molecule has 2 aliphatic rings. The van der Waals surface area contributed by atoms with E-state index in [9.17, 15) is 19.5 Å².